The minimum Gasteiger partial charge on any atom is -0.478 e. The highest BCUT2D eigenvalue weighted by molar-refractivity contribution is 5.89. The maximum atomic E-state index is 13.5. The molecule has 0 radical (unpaired) electrons. The van der Waals surface area contributed by atoms with Crippen LogP contribution in [0.25, 0.3) is 0 Å². The Labute approximate surface area is 265 Å². The molecule has 1 saturated heterocycles. The Kier molecular flexibility index (Phi) is 10.0. The fourth-order valence-corrected chi connectivity index (χ4v) is 10.6. The van der Waals surface area contributed by atoms with Crippen LogP contribution in [0.15, 0.2) is 42.0 Å². The SMILES string of the molecule is C/C(=C\CC[C@@H](C)C1CCC2C3C(CCC21C)C1(C)CCC2(C[C@@H]1C[C@H]3OC(=O)c1ccccc1)OCCO2)C(=O)O.CC. The molecule has 6 rings (SSSR count). The monoisotopic (exact) mass is 608 g/mol. The van der Waals surface area contributed by atoms with Crippen LogP contribution in [0.3, 0.4) is 0 Å². The molecule has 44 heavy (non-hydrogen) atoms. The number of benzene rings is 1. The second-order valence-corrected chi connectivity index (χ2v) is 14.8. The van der Waals surface area contributed by atoms with Crippen molar-refractivity contribution in [2.24, 2.45) is 46.3 Å². The van der Waals surface area contributed by atoms with E-state index in [0.29, 0.717) is 59.9 Å². The molecule has 1 aromatic carbocycles. The topological polar surface area (TPSA) is 82.1 Å². The fourth-order valence-electron chi connectivity index (χ4n) is 10.6. The molecule has 1 aliphatic heterocycles. The Morgan fingerprint density at radius 3 is 2.36 bits per heavy atom. The van der Waals surface area contributed by atoms with Crippen molar-refractivity contribution in [2.75, 3.05) is 13.2 Å². The van der Waals surface area contributed by atoms with Crippen LogP contribution in [-0.4, -0.2) is 42.1 Å². The summed E-state index contributed by atoms with van der Waals surface area (Å²) in [4.78, 5) is 24.8. The van der Waals surface area contributed by atoms with Crippen LogP contribution in [0.1, 0.15) is 116 Å². The molecule has 0 amide bonds. The Morgan fingerprint density at radius 2 is 1.68 bits per heavy atom. The molecule has 0 bridgehead atoms. The van der Waals surface area contributed by atoms with Gasteiger partial charge in [-0.1, -0.05) is 58.9 Å². The number of esters is 1. The summed E-state index contributed by atoms with van der Waals surface area (Å²) in [5, 5.41) is 9.27. The zero-order valence-electron chi connectivity index (χ0n) is 28.0. The molecule has 5 fully saturated rings. The van der Waals surface area contributed by atoms with E-state index in [1.165, 1.54) is 25.7 Å². The maximum absolute atomic E-state index is 13.5. The van der Waals surface area contributed by atoms with Gasteiger partial charge in [-0.15, -0.1) is 0 Å². The molecule has 0 aromatic heterocycles. The van der Waals surface area contributed by atoms with Crippen molar-refractivity contribution in [2.45, 2.75) is 118 Å². The molecule has 6 unspecified atom stereocenters. The lowest BCUT2D eigenvalue weighted by Crippen LogP contribution is -2.60. The van der Waals surface area contributed by atoms with Crippen LogP contribution in [0.2, 0.25) is 0 Å². The van der Waals surface area contributed by atoms with Crippen molar-refractivity contribution in [1.82, 2.24) is 0 Å². The number of hydrogen-bond donors (Lipinski definition) is 1. The van der Waals surface area contributed by atoms with Crippen molar-refractivity contribution in [3.63, 3.8) is 0 Å². The average molecular weight is 609 g/mol. The van der Waals surface area contributed by atoms with Gasteiger partial charge in [0.05, 0.1) is 18.8 Å². The van der Waals surface area contributed by atoms with Crippen molar-refractivity contribution < 1.29 is 28.9 Å². The Bertz CT molecular complexity index is 1190. The van der Waals surface area contributed by atoms with E-state index in [1.807, 2.05) is 50.3 Å². The van der Waals surface area contributed by atoms with Crippen molar-refractivity contribution >= 4 is 11.9 Å². The molecule has 9 atom stereocenters. The third kappa shape index (κ3) is 6.02. The molecule has 1 heterocycles. The van der Waals surface area contributed by atoms with Crippen molar-refractivity contribution in [3.8, 4) is 0 Å². The van der Waals surface area contributed by atoms with Gasteiger partial charge in [-0.2, -0.15) is 0 Å². The number of ether oxygens (including phenoxy) is 3. The molecule has 244 valence electrons. The molecule has 5 aliphatic rings. The van der Waals surface area contributed by atoms with E-state index in [2.05, 4.69) is 20.8 Å². The smallest absolute Gasteiger partial charge is 0.338 e. The van der Waals surface area contributed by atoms with Gasteiger partial charge < -0.3 is 19.3 Å². The molecule has 4 saturated carbocycles. The number of carboxylic acids is 1. The highest BCUT2D eigenvalue weighted by Crippen LogP contribution is 2.69. The second-order valence-electron chi connectivity index (χ2n) is 14.8. The molecule has 4 aliphatic carbocycles. The van der Waals surface area contributed by atoms with Gasteiger partial charge >= 0.3 is 11.9 Å². The Balaban J connectivity index is 0.00000188. The lowest BCUT2D eigenvalue weighted by atomic mass is 9.43. The fraction of sp³-hybridized carbons (Fsp3) is 0.737. The maximum Gasteiger partial charge on any atom is 0.338 e. The van der Waals surface area contributed by atoms with E-state index in [4.69, 9.17) is 14.2 Å². The first-order valence-corrected chi connectivity index (χ1v) is 17.5. The number of carbonyl (C=O) groups is 2. The summed E-state index contributed by atoms with van der Waals surface area (Å²) in [6.07, 6.45) is 12.3. The molecule has 1 spiro atoms. The zero-order chi connectivity index (χ0) is 31.7. The van der Waals surface area contributed by atoms with E-state index in [1.54, 1.807) is 6.92 Å². The number of carbonyl (C=O) groups excluding carboxylic acids is 1. The Hall–Kier alpha value is -2.18. The molecular weight excluding hydrogens is 552 g/mol. The Morgan fingerprint density at radius 1 is 1.00 bits per heavy atom. The average Bonchev–Trinajstić information content (AvgIpc) is 3.63. The highest BCUT2D eigenvalue weighted by atomic mass is 16.7. The molecular formula is C38H56O6. The summed E-state index contributed by atoms with van der Waals surface area (Å²) < 4.78 is 19.0. The van der Waals surface area contributed by atoms with Gasteiger partial charge in [0.2, 0.25) is 0 Å². The summed E-state index contributed by atoms with van der Waals surface area (Å²) >= 11 is 0. The van der Waals surface area contributed by atoms with Gasteiger partial charge in [0.15, 0.2) is 5.79 Å². The van der Waals surface area contributed by atoms with E-state index < -0.39 is 11.8 Å². The molecule has 1 aromatic rings. The second kappa shape index (κ2) is 13.3. The summed E-state index contributed by atoms with van der Waals surface area (Å²) in [6, 6.07) is 9.48. The highest BCUT2D eigenvalue weighted by Gasteiger charge is 2.65. The van der Waals surface area contributed by atoms with Crippen LogP contribution in [0.5, 0.6) is 0 Å². The first-order valence-electron chi connectivity index (χ1n) is 17.5. The van der Waals surface area contributed by atoms with Crippen LogP contribution in [0, 0.1) is 46.3 Å². The third-order valence-corrected chi connectivity index (χ3v) is 12.9. The van der Waals surface area contributed by atoms with Gasteiger partial charge in [0.25, 0.3) is 0 Å². The molecule has 6 nitrogen and oxygen atoms in total. The van der Waals surface area contributed by atoms with Gasteiger partial charge in [-0.3, -0.25) is 0 Å². The van der Waals surface area contributed by atoms with Crippen LogP contribution >= 0.6 is 0 Å². The van der Waals surface area contributed by atoms with E-state index >= 15 is 0 Å². The van der Waals surface area contributed by atoms with E-state index in [-0.39, 0.29) is 22.9 Å². The first-order chi connectivity index (χ1) is 21.1. The number of carboxylic acid groups (broad SMARTS) is 1. The van der Waals surface area contributed by atoms with Gasteiger partial charge in [0.1, 0.15) is 6.10 Å². The van der Waals surface area contributed by atoms with Gasteiger partial charge in [-0.05, 0) is 111 Å². The van der Waals surface area contributed by atoms with Gasteiger partial charge in [-0.25, -0.2) is 9.59 Å². The minimum absolute atomic E-state index is 0.0998. The number of rotatable bonds is 7. The van der Waals surface area contributed by atoms with E-state index in [9.17, 15) is 14.7 Å². The number of allylic oxidation sites excluding steroid dienone is 1. The lowest BCUT2D eigenvalue weighted by molar-refractivity contribution is -0.242. The van der Waals surface area contributed by atoms with Crippen LogP contribution < -0.4 is 0 Å². The van der Waals surface area contributed by atoms with Gasteiger partial charge in [0, 0.05) is 24.3 Å². The van der Waals surface area contributed by atoms with E-state index in [0.717, 1.165) is 38.5 Å². The normalized spacial score (nSPS) is 38.0. The van der Waals surface area contributed by atoms with Crippen LogP contribution in [0.4, 0.5) is 0 Å². The first kappa shape index (κ1) is 33.2. The molecule has 6 heteroatoms. The van der Waals surface area contributed by atoms with Crippen molar-refractivity contribution in [1.29, 1.82) is 0 Å². The number of aliphatic carboxylic acids is 1. The largest absolute Gasteiger partial charge is 0.478 e. The summed E-state index contributed by atoms with van der Waals surface area (Å²) in [7, 11) is 0. The minimum atomic E-state index is -0.825. The number of fused-ring (bicyclic) bond motifs is 5. The third-order valence-electron chi connectivity index (χ3n) is 12.9. The lowest BCUT2D eigenvalue weighted by Gasteiger charge is -2.63. The number of hydrogen-bond acceptors (Lipinski definition) is 5. The van der Waals surface area contributed by atoms with Crippen molar-refractivity contribution in [3.05, 3.63) is 47.5 Å². The predicted molar refractivity (Wildman–Crippen MR) is 172 cm³/mol. The standard InChI is InChI=1S/C36H50O6.C2H6/c1-23(9-8-10-24(2)32(37)38)27-13-14-28-31-29(15-16-35(27,28)4)34(3)17-18-36(40-19-20-41-36)22-26(34)21-30(31)42-33(39)25-11-6-5-7-12-25;1-2/h5-7,10-12,23,26-31H,8-9,13-22H2,1-4H3,(H,37,38);1-2H3/b24-10+;/t23-,26+,27?,28?,29?,30-,31?,34?,35?;/m1./s1. The quantitative estimate of drug-likeness (QED) is 0.246. The summed E-state index contributed by atoms with van der Waals surface area (Å²) in [5.41, 5.74) is 1.48. The summed E-state index contributed by atoms with van der Waals surface area (Å²) in [5.74, 6) is 1.48. The zero-order valence-corrected chi connectivity index (χ0v) is 28.0. The molecule has 1 N–H and O–H groups in total. The van der Waals surface area contributed by atoms with Crippen LogP contribution in [-0.2, 0) is 19.0 Å². The predicted octanol–water partition coefficient (Wildman–Crippen LogP) is 8.70. The summed E-state index contributed by atoms with van der Waals surface area (Å²) in [6.45, 7) is 14.5.